The molecule has 0 saturated heterocycles. The number of imide groups is 1. The summed E-state index contributed by atoms with van der Waals surface area (Å²) in [4.78, 5) is 37.6. The molecule has 0 fully saturated rings. The first-order valence-electron chi connectivity index (χ1n) is 9.87. The number of ether oxygens (including phenoxy) is 1. The van der Waals surface area contributed by atoms with Gasteiger partial charge in [-0.2, -0.15) is 0 Å². The monoisotopic (exact) mass is 394 g/mol. The van der Waals surface area contributed by atoms with Crippen LogP contribution in [0.15, 0.2) is 36.4 Å². The molecule has 8 heteroatoms. The van der Waals surface area contributed by atoms with Crippen LogP contribution >= 0.6 is 0 Å². The predicted molar refractivity (Wildman–Crippen MR) is 103 cm³/mol. The highest BCUT2D eigenvalue weighted by Crippen LogP contribution is 2.33. The molecule has 1 unspecified atom stereocenters. The topological polar surface area (TPSA) is 94.4 Å². The Labute approximate surface area is 168 Å². The van der Waals surface area contributed by atoms with Gasteiger partial charge in [-0.1, -0.05) is 18.1 Å². The van der Waals surface area contributed by atoms with Crippen LogP contribution in [0.25, 0.3) is 5.69 Å². The standard InChI is InChI=1S/C21H22N4O4/c1-2-29-21(28)14-8-10-15(11-9-14)25-17-7-5-3-4-6-16(20(17)22-23-25)24-18(26)12-13-19(24)27/h8-13,16H,2-7H2,1H3. The third kappa shape index (κ3) is 3.57. The quantitative estimate of drug-likeness (QED) is 0.584. The van der Waals surface area contributed by atoms with Gasteiger partial charge in [0.15, 0.2) is 0 Å². The molecule has 0 saturated carbocycles. The van der Waals surface area contributed by atoms with Crippen LogP contribution in [0.5, 0.6) is 0 Å². The Kier molecular flexibility index (Phi) is 5.24. The van der Waals surface area contributed by atoms with Gasteiger partial charge < -0.3 is 4.74 Å². The molecule has 29 heavy (non-hydrogen) atoms. The van der Waals surface area contributed by atoms with Crippen molar-refractivity contribution in [2.75, 3.05) is 6.61 Å². The molecule has 1 aromatic heterocycles. The van der Waals surface area contributed by atoms with E-state index in [4.69, 9.17) is 4.74 Å². The third-order valence-electron chi connectivity index (χ3n) is 5.28. The number of nitrogens with zero attached hydrogens (tertiary/aromatic N) is 4. The molecule has 2 aliphatic rings. The van der Waals surface area contributed by atoms with Crippen molar-refractivity contribution in [2.24, 2.45) is 0 Å². The Morgan fingerprint density at radius 2 is 1.83 bits per heavy atom. The lowest BCUT2D eigenvalue weighted by atomic mass is 9.95. The summed E-state index contributed by atoms with van der Waals surface area (Å²) in [6, 6.07) is 6.57. The lowest BCUT2D eigenvalue weighted by molar-refractivity contribution is -0.140. The first-order chi connectivity index (χ1) is 14.1. The first kappa shape index (κ1) is 19.0. The van der Waals surface area contributed by atoms with Crippen molar-refractivity contribution >= 4 is 17.8 Å². The minimum Gasteiger partial charge on any atom is -0.462 e. The Hall–Kier alpha value is -3.29. The summed E-state index contributed by atoms with van der Waals surface area (Å²) in [5.74, 6) is -0.980. The molecule has 0 bridgehead atoms. The van der Waals surface area contributed by atoms with Gasteiger partial charge in [0, 0.05) is 12.2 Å². The van der Waals surface area contributed by atoms with Crippen LogP contribution in [0, 0.1) is 0 Å². The lowest BCUT2D eigenvalue weighted by Gasteiger charge is -2.27. The number of fused-ring (bicyclic) bond motifs is 1. The molecule has 1 atom stereocenters. The number of amides is 2. The van der Waals surface area contributed by atoms with E-state index in [0.29, 0.717) is 24.3 Å². The van der Waals surface area contributed by atoms with E-state index in [1.165, 1.54) is 17.1 Å². The van der Waals surface area contributed by atoms with E-state index in [0.717, 1.165) is 37.1 Å². The summed E-state index contributed by atoms with van der Waals surface area (Å²) in [5, 5.41) is 8.68. The van der Waals surface area contributed by atoms with Crippen molar-refractivity contribution in [3.8, 4) is 5.69 Å². The summed E-state index contributed by atoms with van der Waals surface area (Å²) in [5.41, 5.74) is 2.80. The summed E-state index contributed by atoms with van der Waals surface area (Å²) in [6.07, 6.45) is 6.94. The van der Waals surface area contributed by atoms with Crippen molar-refractivity contribution in [2.45, 2.75) is 45.1 Å². The fourth-order valence-corrected chi connectivity index (χ4v) is 3.88. The first-order valence-corrected chi connectivity index (χ1v) is 9.87. The minimum absolute atomic E-state index is 0.306. The molecule has 8 nitrogen and oxygen atoms in total. The van der Waals surface area contributed by atoms with Gasteiger partial charge in [0.05, 0.1) is 29.6 Å². The number of carbonyl (C=O) groups is 3. The zero-order chi connectivity index (χ0) is 20.4. The summed E-state index contributed by atoms with van der Waals surface area (Å²) >= 11 is 0. The van der Waals surface area contributed by atoms with E-state index in [2.05, 4.69) is 10.3 Å². The van der Waals surface area contributed by atoms with Crippen LogP contribution in [-0.4, -0.2) is 44.3 Å². The van der Waals surface area contributed by atoms with E-state index in [1.807, 2.05) is 0 Å². The molecular weight excluding hydrogens is 372 g/mol. The van der Waals surface area contributed by atoms with Gasteiger partial charge in [-0.15, -0.1) is 5.10 Å². The molecule has 4 rings (SSSR count). The Morgan fingerprint density at radius 1 is 1.10 bits per heavy atom. The smallest absolute Gasteiger partial charge is 0.338 e. The van der Waals surface area contributed by atoms with Crippen LogP contribution in [0.3, 0.4) is 0 Å². The number of carbonyl (C=O) groups excluding carboxylic acids is 3. The van der Waals surface area contributed by atoms with Gasteiger partial charge in [0.25, 0.3) is 11.8 Å². The largest absolute Gasteiger partial charge is 0.462 e. The molecule has 0 N–H and O–H groups in total. The highest BCUT2D eigenvalue weighted by molar-refractivity contribution is 6.13. The Morgan fingerprint density at radius 3 is 2.52 bits per heavy atom. The molecule has 2 aromatic rings. The van der Waals surface area contributed by atoms with Crippen LogP contribution in [0.2, 0.25) is 0 Å². The van der Waals surface area contributed by atoms with Gasteiger partial charge in [0.2, 0.25) is 0 Å². The van der Waals surface area contributed by atoms with Crippen molar-refractivity contribution < 1.29 is 19.1 Å². The number of aromatic nitrogens is 3. The summed E-state index contributed by atoms with van der Waals surface area (Å²) in [7, 11) is 0. The fraction of sp³-hybridized carbons (Fsp3) is 0.381. The van der Waals surface area contributed by atoms with E-state index in [1.54, 1.807) is 35.9 Å². The van der Waals surface area contributed by atoms with Crippen molar-refractivity contribution in [3.63, 3.8) is 0 Å². The minimum atomic E-state index is -0.409. The number of esters is 1. The second-order valence-corrected chi connectivity index (χ2v) is 7.10. The maximum atomic E-state index is 12.2. The molecule has 150 valence electrons. The number of benzene rings is 1. The number of hydrogen-bond donors (Lipinski definition) is 0. The van der Waals surface area contributed by atoms with Crippen LogP contribution in [0.4, 0.5) is 0 Å². The summed E-state index contributed by atoms with van der Waals surface area (Å²) in [6.45, 7) is 2.09. The van der Waals surface area contributed by atoms with Gasteiger partial charge >= 0.3 is 5.97 Å². The molecule has 0 spiro atoms. The van der Waals surface area contributed by atoms with E-state index < -0.39 is 6.04 Å². The lowest BCUT2D eigenvalue weighted by Crippen LogP contribution is -2.35. The van der Waals surface area contributed by atoms with Gasteiger partial charge in [0.1, 0.15) is 5.69 Å². The number of hydrogen-bond acceptors (Lipinski definition) is 6. The van der Waals surface area contributed by atoms with Crippen molar-refractivity contribution in [1.29, 1.82) is 0 Å². The highest BCUT2D eigenvalue weighted by Gasteiger charge is 2.36. The number of rotatable bonds is 4. The average Bonchev–Trinajstić information content (AvgIpc) is 3.26. The maximum absolute atomic E-state index is 12.2. The van der Waals surface area contributed by atoms with Crippen LogP contribution in [0.1, 0.15) is 60.4 Å². The van der Waals surface area contributed by atoms with Gasteiger partial charge in [-0.25, -0.2) is 9.48 Å². The zero-order valence-electron chi connectivity index (χ0n) is 16.2. The Bertz CT molecular complexity index is 959. The van der Waals surface area contributed by atoms with E-state index >= 15 is 0 Å². The average molecular weight is 394 g/mol. The van der Waals surface area contributed by atoms with Crippen molar-refractivity contribution in [3.05, 3.63) is 53.4 Å². The third-order valence-corrected chi connectivity index (χ3v) is 5.28. The maximum Gasteiger partial charge on any atom is 0.338 e. The van der Waals surface area contributed by atoms with Crippen LogP contribution in [-0.2, 0) is 20.7 Å². The molecule has 1 aromatic carbocycles. The van der Waals surface area contributed by atoms with E-state index in [9.17, 15) is 14.4 Å². The second kappa shape index (κ2) is 7.98. The molecule has 1 aliphatic carbocycles. The molecular formula is C21H22N4O4. The predicted octanol–water partition coefficient (Wildman–Crippen LogP) is 2.53. The fourth-order valence-electron chi connectivity index (χ4n) is 3.88. The second-order valence-electron chi connectivity index (χ2n) is 7.10. The Balaban J connectivity index is 1.69. The highest BCUT2D eigenvalue weighted by atomic mass is 16.5. The normalized spacial score (nSPS) is 19.1. The van der Waals surface area contributed by atoms with E-state index in [-0.39, 0.29) is 17.8 Å². The van der Waals surface area contributed by atoms with Gasteiger partial charge in [-0.3, -0.25) is 14.5 Å². The SMILES string of the molecule is CCOC(=O)c1ccc(-n2nnc3c2CCCCCC3N2C(=O)C=CC2=O)cc1. The molecule has 2 amide bonds. The zero-order valence-corrected chi connectivity index (χ0v) is 16.2. The molecule has 2 heterocycles. The van der Waals surface area contributed by atoms with Crippen LogP contribution < -0.4 is 0 Å². The van der Waals surface area contributed by atoms with Crippen molar-refractivity contribution in [1.82, 2.24) is 19.9 Å². The molecule has 1 aliphatic heterocycles. The molecule has 0 radical (unpaired) electrons. The summed E-state index contributed by atoms with van der Waals surface area (Å²) < 4.78 is 6.76. The van der Waals surface area contributed by atoms with Gasteiger partial charge in [-0.05, 0) is 50.5 Å².